The van der Waals surface area contributed by atoms with E-state index in [9.17, 15) is 4.79 Å². The minimum absolute atomic E-state index is 0.114. The molecule has 1 atom stereocenters. The van der Waals surface area contributed by atoms with E-state index in [0.717, 1.165) is 37.6 Å². The fourth-order valence-electron chi connectivity index (χ4n) is 2.95. The Morgan fingerprint density at radius 1 is 1.35 bits per heavy atom. The number of nitrogens with zero attached hydrogens (tertiary/aromatic N) is 3. The Kier molecular flexibility index (Phi) is 4.71. The van der Waals surface area contributed by atoms with Crippen LogP contribution in [0.5, 0.6) is 0 Å². The average molecular weight is 314 g/mol. The van der Waals surface area contributed by atoms with Crippen molar-refractivity contribution >= 4 is 5.91 Å². The molecule has 1 saturated heterocycles. The zero-order valence-corrected chi connectivity index (χ0v) is 13.5. The fraction of sp³-hybridized carbons (Fsp3) is 0.471. The number of nitrogens with one attached hydrogen (secondary N) is 1. The minimum Gasteiger partial charge on any atom is -0.381 e. The number of imidazole rings is 1. The van der Waals surface area contributed by atoms with Gasteiger partial charge in [-0.3, -0.25) is 9.78 Å². The summed E-state index contributed by atoms with van der Waals surface area (Å²) in [4.78, 5) is 21.2. The van der Waals surface area contributed by atoms with Gasteiger partial charge in [0.2, 0.25) is 0 Å². The van der Waals surface area contributed by atoms with E-state index in [1.165, 1.54) is 0 Å². The third kappa shape index (κ3) is 3.59. The number of rotatable bonds is 4. The zero-order chi connectivity index (χ0) is 16.2. The zero-order valence-electron chi connectivity index (χ0n) is 13.5. The van der Waals surface area contributed by atoms with Gasteiger partial charge in [-0.25, -0.2) is 4.98 Å². The molecule has 122 valence electrons. The van der Waals surface area contributed by atoms with Crippen LogP contribution in [0.4, 0.5) is 0 Å². The lowest BCUT2D eigenvalue weighted by Crippen LogP contribution is -2.37. The molecule has 1 fully saturated rings. The molecule has 1 aliphatic heterocycles. The van der Waals surface area contributed by atoms with Crippen LogP contribution >= 0.6 is 0 Å². The second-order valence-electron chi connectivity index (χ2n) is 5.99. The van der Waals surface area contributed by atoms with Crippen LogP contribution in [0.15, 0.2) is 30.7 Å². The molecule has 0 bridgehead atoms. The van der Waals surface area contributed by atoms with Crippen LogP contribution in [0, 0.1) is 12.8 Å². The Balaban J connectivity index is 1.82. The van der Waals surface area contributed by atoms with Crippen molar-refractivity contribution < 1.29 is 9.53 Å². The third-order valence-electron chi connectivity index (χ3n) is 4.33. The van der Waals surface area contributed by atoms with Crippen LogP contribution < -0.4 is 5.32 Å². The van der Waals surface area contributed by atoms with E-state index in [1.54, 1.807) is 18.5 Å². The molecular formula is C17H22N4O2. The lowest BCUT2D eigenvalue weighted by atomic mass is 9.91. The van der Waals surface area contributed by atoms with Crippen molar-refractivity contribution in [2.75, 3.05) is 13.2 Å². The fourth-order valence-corrected chi connectivity index (χ4v) is 2.95. The number of carbonyl (C=O) groups is 1. The van der Waals surface area contributed by atoms with Crippen molar-refractivity contribution in [1.82, 2.24) is 19.9 Å². The van der Waals surface area contributed by atoms with E-state index in [0.29, 0.717) is 11.5 Å². The van der Waals surface area contributed by atoms with Gasteiger partial charge in [-0.05, 0) is 37.8 Å². The summed E-state index contributed by atoms with van der Waals surface area (Å²) in [6.45, 7) is 3.36. The number of amides is 1. The summed E-state index contributed by atoms with van der Waals surface area (Å²) in [5.41, 5.74) is 1.47. The Labute approximate surface area is 135 Å². The summed E-state index contributed by atoms with van der Waals surface area (Å²) in [6.07, 6.45) is 7.13. The Morgan fingerprint density at radius 2 is 2.13 bits per heavy atom. The van der Waals surface area contributed by atoms with Crippen LogP contribution in [0.1, 0.15) is 40.8 Å². The van der Waals surface area contributed by atoms with Crippen molar-refractivity contribution in [2.45, 2.75) is 25.8 Å². The Morgan fingerprint density at radius 3 is 2.74 bits per heavy atom. The quantitative estimate of drug-likeness (QED) is 0.937. The standard InChI is InChI=1S/C17H22N4O2/c1-12-3-4-14(11-19-12)17(22)20-15(13-5-9-23-10-6-13)16-18-7-8-21(16)2/h3-4,7-8,11,13,15H,5-6,9-10H2,1-2H3,(H,20,22). The maximum atomic E-state index is 12.6. The molecule has 3 rings (SSSR count). The van der Waals surface area contributed by atoms with Gasteiger partial charge in [0, 0.05) is 44.5 Å². The molecular weight excluding hydrogens is 292 g/mol. The highest BCUT2D eigenvalue weighted by atomic mass is 16.5. The van der Waals surface area contributed by atoms with Gasteiger partial charge >= 0.3 is 0 Å². The van der Waals surface area contributed by atoms with Gasteiger partial charge in [-0.1, -0.05) is 0 Å². The number of aromatic nitrogens is 3. The SMILES string of the molecule is Cc1ccc(C(=O)NC(c2nccn2C)C2CCOCC2)cn1. The number of pyridine rings is 1. The molecule has 2 aromatic heterocycles. The lowest BCUT2D eigenvalue weighted by Gasteiger charge is -2.30. The molecule has 6 nitrogen and oxygen atoms in total. The molecule has 1 N–H and O–H groups in total. The van der Waals surface area contributed by atoms with Crippen LogP contribution in [0.25, 0.3) is 0 Å². The summed E-state index contributed by atoms with van der Waals surface area (Å²) in [5.74, 6) is 1.09. The van der Waals surface area contributed by atoms with E-state index in [4.69, 9.17) is 4.74 Å². The Bertz CT molecular complexity index is 659. The van der Waals surface area contributed by atoms with Crippen molar-refractivity contribution in [3.05, 3.63) is 47.8 Å². The monoisotopic (exact) mass is 314 g/mol. The maximum Gasteiger partial charge on any atom is 0.253 e. The van der Waals surface area contributed by atoms with Gasteiger partial charge < -0.3 is 14.6 Å². The molecule has 0 radical (unpaired) electrons. The molecule has 0 spiro atoms. The smallest absolute Gasteiger partial charge is 0.253 e. The molecule has 23 heavy (non-hydrogen) atoms. The second kappa shape index (κ2) is 6.91. The van der Waals surface area contributed by atoms with E-state index in [1.807, 2.05) is 30.8 Å². The van der Waals surface area contributed by atoms with Crippen molar-refractivity contribution in [3.63, 3.8) is 0 Å². The first kappa shape index (κ1) is 15.7. The number of hydrogen-bond donors (Lipinski definition) is 1. The molecule has 1 unspecified atom stereocenters. The number of aryl methyl sites for hydroxylation is 2. The largest absolute Gasteiger partial charge is 0.381 e. The molecule has 6 heteroatoms. The van der Waals surface area contributed by atoms with Gasteiger partial charge in [0.15, 0.2) is 0 Å². The summed E-state index contributed by atoms with van der Waals surface area (Å²) in [5, 5.41) is 3.15. The summed E-state index contributed by atoms with van der Waals surface area (Å²) < 4.78 is 7.42. The predicted octanol–water partition coefficient (Wildman–Crippen LogP) is 2.02. The van der Waals surface area contributed by atoms with E-state index in [-0.39, 0.29) is 11.9 Å². The highest BCUT2D eigenvalue weighted by molar-refractivity contribution is 5.94. The normalized spacial score (nSPS) is 17.0. The van der Waals surface area contributed by atoms with Crippen molar-refractivity contribution in [2.24, 2.45) is 13.0 Å². The van der Waals surface area contributed by atoms with Gasteiger partial charge in [0.25, 0.3) is 5.91 Å². The topological polar surface area (TPSA) is 69.0 Å². The van der Waals surface area contributed by atoms with Gasteiger partial charge in [-0.15, -0.1) is 0 Å². The maximum absolute atomic E-state index is 12.6. The molecule has 3 heterocycles. The van der Waals surface area contributed by atoms with Crippen LogP contribution in [0.2, 0.25) is 0 Å². The van der Waals surface area contributed by atoms with E-state index < -0.39 is 0 Å². The first-order valence-corrected chi connectivity index (χ1v) is 7.93. The third-order valence-corrected chi connectivity index (χ3v) is 4.33. The van der Waals surface area contributed by atoms with E-state index >= 15 is 0 Å². The minimum atomic E-state index is -0.118. The van der Waals surface area contributed by atoms with Crippen LogP contribution in [0.3, 0.4) is 0 Å². The summed E-state index contributed by atoms with van der Waals surface area (Å²) in [7, 11) is 1.95. The summed E-state index contributed by atoms with van der Waals surface area (Å²) >= 11 is 0. The van der Waals surface area contributed by atoms with Crippen LogP contribution in [-0.2, 0) is 11.8 Å². The van der Waals surface area contributed by atoms with Crippen molar-refractivity contribution in [1.29, 1.82) is 0 Å². The van der Waals surface area contributed by atoms with Crippen molar-refractivity contribution in [3.8, 4) is 0 Å². The Hall–Kier alpha value is -2.21. The predicted molar refractivity (Wildman–Crippen MR) is 85.9 cm³/mol. The molecule has 1 amide bonds. The number of ether oxygens (including phenoxy) is 1. The van der Waals surface area contributed by atoms with Gasteiger partial charge in [0.1, 0.15) is 5.82 Å². The first-order chi connectivity index (χ1) is 11.1. The van der Waals surface area contributed by atoms with E-state index in [2.05, 4.69) is 15.3 Å². The average Bonchev–Trinajstić information content (AvgIpc) is 2.99. The van der Waals surface area contributed by atoms with Gasteiger partial charge in [-0.2, -0.15) is 0 Å². The van der Waals surface area contributed by atoms with Crippen LogP contribution in [-0.4, -0.2) is 33.7 Å². The lowest BCUT2D eigenvalue weighted by molar-refractivity contribution is 0.0499. The molecule has 1 aliphatic rings. The highest BCUT2D eigenvalue weighted by Gasteiger charge is 2.29. The number of hydrogen-bond acceptors (Lipinski definition) is 4. The van der Waals surface area contributed by atoms with Gasteiger partial charge in [0.05, 0.1) is 11.6 Å². The second-order valence-corrected chi connectivity index (χ2v) is 5.99. The molecule has 0 aromatic carbocycles. The molecule has 0 aliphatic carbocycles. The molecule has 0 saturated carbocycles. The highest BCUT2D eigenvalue weighted by Crippen LogP contribution is 2.29. The molecule has 2 aromatic rings. The summed E-state index contributed by atoms with van der Waals surface area (Å²) in [6, 6.07) is 3.53. The number of carbonyl (C=O) groups excluding carboxylic acids is 1. The first-order valence-electron chi connectivity index (χ1n) is 7.93.